The van der Waals surface area contributed by atoms with Gasteiger partial charge in [0.2, 0.25) is 0 Å². The van der Waals surface area contributed by atoms with Gasteiger partial charge in [0.05, 0.1) is 0 Å². The third-order valence-electron chi connectivity index (χ3n) is 3.19. The van der Waals surface area contributed by atoms with Crippen LogP contribution in [-0.2, 0) is 10.0 Å². The summed E-state index contributed by atoms with van der Waals surface area (Å²) in [7, 11) is -3.56. The van der Waals surface area contributed by atoms with E-state index >= 15 is 0 Å². The number of nitrogens with zero attached hydrogens (tertiary/aromatic N) is 1. The van der Waals surface area contributed by atoms with Crippen molar-refractivity contribution in [2.24, 2.45) is 5.92 Å². The molecule has 8 heteroatoms. The van der Waals surface area contributed by atoms with Crippen LogP contribution in [0, 0.1) is 12.8 Å². The van der Waals surface area contributed by atoms with Gasteiger partial charge in [-0.2, -0.15) is 4.31 Å². The Morgan fingerprint density at radius 3 is 2.50 bits per heavy atom. The van der Waals surface area contributed by atoms with Gasteiger partial charge in [0, 0.05) is 25.4 Å². The molecular weight excluding hydrogens is 276 g/mol. The molecule has 1 aromatic heterocycles. The fourth-order valence-corrected chi connectivity index (χ4v) is 4.99. The standard InChI is InChI=1S/C10H16N2O4S2/c1-7-9(17-10(14)11-7)18(15,16)12-4-2-8(6-13)3-5-12/h8,13H,2-6H2,1H3,(H,11,14). The largest absolute Gasteiger partial charge is 0.396 e. The number of aliphatic hydroxyl groups excluding tert-OH is 1. The predicted octanol–water partition coefficient (Wildman–Crippen LogP) is 0.138. The molecule has 2 heterocycles. The molecule has 2 N–H and O–H groups in total. The van der Waals surface area contributed by atoms with Gasteiger partial charge in [0.25, 0.3) is 10.0 Å². The van der Waals surface area contributed by atoms with Crippen molar-refractivity contribution in [3.8, 4) is 0 Å². The predicted molar refractivity (Wildman–Crippen MR) is 68.2 cm³/mol. The molecule has 0 unspecified atom stereocenters. The monoisotopic (exact) mass is 292 g/mol. The summed E-state index contributed by atoms with van der Waals surface area (Å²) in [4.78, 5) is 13.3. The molecule has 102 valence electrons. The van der Waals surface area contributed by atoms with Crippen LogP contribution in [0.2, 0.25) is 0 Å². The summed E-state index contributed by atoms with van der Waals surface area (Å²) >= 11 is 0.731. The summed E-state index contributed by atoms with van der Waals surface area (Å²) in [5, 5.41) is 9.03. The Morgan fingerprint density at radius 1 is 1.44 bits per heavy atom. The lowest BCUT2D eigenvalue weighted by Crippen LogP contribution is -2.39. The Bertz CT molecular complexity index is 567. The highest BCUT2D eigenvalue weighted by Gasteiger charge is 2.31. The molecule has 0 spiro atoms. The molecule has 0 saturated carbocycles. The highest BCUT2D eigenvalue weighted by molar-refractivity contribution is 7.91. The van der Waals surface area contributed by atoms with Gasteiger partial charge < -0.3 is 10.1 Å². The van der Waals surface area contributed by atoms with Crippen LogP contribution in [0.3, 0.4) is 0 Å². The number of sulfonamides is 1. The van der Waals surface area contributed by atoms with Gasteiger partial charge in [-0.05, 0) is 25.7 Å². The molecule has 6 nitrogen and oxygen atoms in total. The first kappa shape index (κ1) is 13.7. The van der Waals surface area contributed by atoms with Crippen molar-refractivity contribution in [3.05, 3.63) is 15.4 Å². The number of thiazole rings is 1. The highest BCUT2D eigenvalue weighted by Crippen LogP contribution is 2.26. The number of aryl methyl sites for hydroxylation is 1. The first-order valence-electron chi connectivity index (χ1n) is 5.76. The van der Waals surface area contributed by atoms with Crippen molar-refractivity contribution < 1.29 is 13.5 Å². The number of H-pyrrole nitrogens is 1. The van der Waals surface area contributed by atoms with Crippen molar-refractivity contribution in [1.29, 1.82) is 0 Å². The molecule has 0 aliphatic carbocycles. The van der Waals surface area contributed by atoms with Crippen molar-refractivity contribution in [3.63, 3.8) is 0 Å². The number of aromatic amines is 1. The van der Waals surface area contributed by atoms with E-state index in [1.165, 1.54) is 4.31 Å². The van der Waals surface area contributed by atoms with Gasteiger partial charge >= 0.3 is 4.87 Å². The average molecular weight is 292 g/mol. The summed E-state index contributed by atoms with van der Waals surface area (Å²) in [6.45, 7) is 2.49. The maximum atomic E-state index is 12.3. The number of rotatable bonds is 3. The third kappa shape index (κ3) is 2.51. The minimum absolute atomic E-state index is 0.102. The van der Waals surface area contributed by atoms with Crippen LogP contribution in [0.5, 0.6) is 0 Å². The molecule has 2 rings (SSSR count). The molecule has 1 aliphatic heterocycles. The van der Waals surface area contributed by atoms with Gasteiger partial charge in [-0.25, -0.2) is 8.42 Å². The molecule has 18 heavy (non-hydrogen) atoms. The van der Waals surface area contributed by atoms with Crippen LogP contribution in [-0.4, -0.2) is 42.5 Å². The van der Waals surface area contributed by atoms with E-state index in [2.05, 4.69) is 4.98 Å². The van der Waals surface area contributed by atoms with E-state index in [0.29, 0.717) is 31.6 Å². The lowest BCUT2D eigenvalue weighted by Gasteiger charge is -2.29. The first-order chi connectivity index (χ1) is 8.45. The summed E-state index contributed by atoms with van der Waals surface area (Å²) in [6.07, 6.45) is 1.32. The number of hydrogen-bond acceptors (Lipinski definition) is 5. The van der Waals surface area contributed by atoms with Crippen LogP contribution in [0.1, 0.15) is 18.5 Å². The maximum Gasteiger partial charge on any atom is 0.305 e. The Hall–Kier alpha value is -0.700. The minimum Gasteiger partial charge on any atom is -0.396 e. The number of hydrogen-bond donors (Lipinski definition) is 2. The van der Waals surface area contributed by atoms with Gasteiger partial charge in [0.1, 0.15) is 0 Å². The molecule has 1 aromatic rings. The molecule has 1 fully saturated rings. The molecule has 0 atom stereocenters. The van der Waals surface area contributed by atoms with E-state index in [-0.39, 0.29) is 21.6 Å². The Morgan fingerprint density at radius 2 is 2.06 bits per heavy atom. The van der Waals surface area contributed by atoms with Crippen LogP contribution < -0.4 is 4.87 Å². The highest BCUT2D eigenvalue weighted by atomic mass is 32.2. The summed E-state index contributed by atoms with van der Waals surface area (Å²) in [5.74, 6) is 0.183. The van der Waals surface area contributed by atoms with E-state index in [9.17, 15) is 13.2 Å². The van der Waals surface area contributed by atoms with Crippen LogP contribution in [0.25, 0.3) is 0 Å². The minimum atomic E-state index is -3.56. The zero-order valence-electron chi connectivity index (χ0n) is 10.0. The van der Waals surface area contributed by atoms with E-state index in [1.54, 1.807) is 6.92 Å². The zero-order valence-corrected chi connectivity index (χ0v) is 11.7. The van der Waals surface area contributed by atoms with Gasteiger partial charge in [-0.15, -0.1) is 0 Å². The van der Waals surface area contributed by atoms with Crippen LogP contribution >= 0.6 is 11.3 Å². The quantitative estimate of drug-likeness (QED) is 0.829. The fourth-order valence-electron chi connectivity index (χ4n) is 2.09. The van der Waals surface area contributed by atoms with Gasteiger partial charge in [-0.3, -0.25) is 4.79 Å². The third-order valence-corrected chi connectivity index (χ3v) is 6.67. The molecule has 1 saturated heterocycles. The van der Waals surface area contributed by atoms with Crippen LogP contribution in [0.15, 0.2) is 9.00 Å². The lowest BCUT2D eigenvalue weighted by molar-refractivity contribution is 0.170. The Labute approximate surface area is 109 Å². The second-order valence-electron chi connectivity index (χ2n) is 4.46. The Balaban J connectivity index is 2.23. The first-order valence-corrected chi connectivity index (χ1v) is 8.01. The van der Waals surface area contributed by atoms with E-state index in [4.69, 9.17) is 5.11 Å². The smallest absolute Gasteiger partial charge is 0.305 e. The average Bonchev–Trinajstić information content (AvgIpc) is 2.69. The molecule has 1 aliphatic rings. The number of aromatic nitrogens is 1. The maximum absolute atomic E-state index is 12.3. The summed E-state index contributed by atoms with van der Waals surface area (Å²) in [5.41, 5.74) is 0.397. The number of nitrogens with one attached hydrogen (secondary N) is 1. The van der Waals surface area contributed by atoms with Crippen molar-refractivity contribution in [2.45, 2.75) is 24.0 Å². The van der Waals surface area contributed by atoms with E-state index in [0.717, 1.165) is 11.3 Å². The molecule has 0 aromatic carbocycles. The number of aliphatic hydroxyl groups is 1. The number of piperidine rings is 1. The Kier molecular flexibility index (Phi) is 3.90. The van der Waals surface area contributed by atoms with E-state index in [1.807, 2.05) is 0 Å². The second kappa shape index (κ2) is 5.12. The van der Waals surface area contributed by atoms with Crippen LogP contribution in [0.4, 0.5) is 0 Å². The van der Waals surface area contributed by atoms with Crippen molar-refractivity contribution in [1.82, 2.24) is 9.29 Å². The molecule has 0 amide bonds. The van der Waals surface area contributed by atoms with Crippen molar-refractivity contribution >= 4 is 21.4 Å². The normalized spacial score (nSPS) is 19.2. The topological polar surface area (TPSA) is 90.5 Å². The lowest BCUT2D eigenvalue weighted by atomic mass is 10.00. The molecular formula is C10H16N2O4S2. The van der Waals surface area contributed by atoms with E-state index < -0.39 is 10.0 Å². The second-order valence-corrected chi connectivity index (χ2v) is 7.57. The van der Waals surface area contributed by atoms with Gasteiger partial charge in [-0.1, -0.05) is 11.3 Å². The zero-order chi connectivity index (χ0) is 13.3. The summed E-state index contributed by atoms with van der Waals surface area (Å²) in [6, 6.07) is 0. The summed E-state index contributed by atoms with van der Waals surface area (Å²) < 4.78 is 26.2. The fraction of sp³-hybridized carbons (Fsp3) is 0.700. The van der Waals surface area contributed by atoms with Crippen molar-refractivity contribution in [2.75, 3.05) is 19.7 Å². The molecule has 0 bridgehead atoms. The van der Waals surface area contributed by atoms with Gasteiger partial charge in [0.15, 0.2) is 4.21 Å². The SMILES string of the molecule is Cc1[nH]c(=O)sc1S(=O)(=O)N1CCC(CO)CC1. The molecule has 0 radical (unpaired) electrons.